The number of halogens is 1. The third-order valence-corrected chi connectivity index (χ3v) is 6.11. The van der Waals surface area contributed by atoms with Crippen LogP contribution in [0.5, 0.6) is 11.5 Å². The predicted octanol–water partition coefficient (Wildman–Crippen LogP) is 3.37. The van der Waals surface area contributed by atoms with E-state index in [1.807, 2.05) is 18.2 Å². The lowest BCUT2D eigenvalue weighted by molar-refractivity contribution is -0.255. The Labute approximate surface area is 158 Å². The second-order valence-corrected chi connectivity index (χ2v) is 7.65. The van der Waals surface area contributed by atoms with Gasteiger partial charge in [0.1, 0.15) is 0 Å². The molecule has 2 heterocycles. The molecule has 2 aromatic carbocycles. The summed E-state index contributed by atoms with van der Waals surface area (Å²) in [6, 6.07) is 9.21. The number of carbonyl (C=O) groups is 1. The van der Waals surface area contributed by atoms with Gasteiger partial charge in [-0.1, -0.05) is 34.1 Å². The summed E-state index contributed by atoms with van der Waals surface area (Å²) in [5.41, 5.74) is 3.30. The molecule has 2 aromatic rings. The van der Waals surface area contributed by atoms with E-state index in [1.54, 1.807) is 12.1 Å². The minimum atomic E-state index is -1.15. The van der Waals surface area contributed by atoms with Crippen molar-refractivity contribution in [2.45, 2.75) is 18.4 Å². The van der Waals surface area contributed by atoms with Crippen LogP contribution in [0.1, 0.15) is 39.9 Å². The molecule has 132 valence electrons. The number of anilines is 1. The molecular weight excluding hydrogens is 398 g/mol. The molecule has 1 N–H and O–H groups in total. The molecule has 0 unspecified atom stereocenters. The Balaban J connectivity index is 1.59. The lowest BCUT2D eigenvalue weighted by atomic mass is 9.76. The first kappa shape index (κ1) is 15.8. The van der Waals surface area contributed by atoms with Gasteiger partial charge >= 0.3 is 0 Å². The van der Waals surface area contributed by atoms with E-state index in [0.29, 0.717) is 5.92 Å². The van der Waals surface area contributed by atoms with Crippen LogP contribution in [0.4, 0.5) is 5.69 Å². The van der Waals surface area contributed by atoms with Gasteiger partial charge in [0.05, 0.1) is 12.0 Å². The Hall–Kier alpha value is -2.47. The SMILES string of the molecule is O=C([O-])c1ccc2c(c1)[C@H]1C=CC[C@H]1[C@H](c1cc3c(cc1Br)OCO3)N2. The fourth-order valence-electron chi connectivity index (χ4n) is 4.20. The van der Waals surface area contributed by atoms with Gasteiger partial charge in [-0.05, 0) is 53.3 Å². The van der Waals surface area contributed by atoms with Crippen LogP contribution in [0.25, 0.3) is 0 Å². The van der Waals surface area contributed by atoms with Crippen LogP contribution in [0.15, 0.2) is 47.0 Å². The van der Waals surface area contributed by atoms with Crippen molar-refractivity contribution in [3.63, 3.8) is 0 Å². The number of nitrogens with one attached hydrogen (secondary N) is 1. The molecule has 0 amide bonds. The fraction of sp³-hybridized carbons (Fsp3) is 0.250. The summed E-state index contributed by atoms with van der Waals surface area (Å²) in [7, 11) is 0. The number of carbonyl (C=O) groups excluding carboxylic acids is 1. The Morgan fingerprint density at radius 3 is 2.77 bits per heavy atom. The van der Waals surface area contributed by atoms with Crippen LogP contribution < -0.4 is 19.9 Å². The quantitative estimate of drug-likeness (QED) is 0.765. The third-order valence-electron chi connectivity index (χ3n) is 5.43. The zero-order chi connectivity index (χ0) is 17.8. The van der Waals surface area contributed by atoms with Crippen molar-refractivity contribution in [1.29, 1.82) is 0 Å². The normalized spacial score (nSPS) is 24.7. The zero-order valence-electron chi connectivity index (χ0n) is 13.7. The van der Waals surface area contributed by atoms with Gasteiger partial charge in [-0.2, -0.15) is 0 Å². The Morgan fingerprint density at radius 2 is 1.96 bits per heavy atom. The maximum Gasteiger partial charge on any atom is 0.231 e. The predicted molar refractivity (Wildman–Crippen MR) is 97.4 cm³/mol. The van der Waals surface area contributed by atoms with Gasteiger partial charge in [0.15, 0.2) is 11.5 Å². The van der Waals surface area contributed by atoms with E-state index in [9.17, 15) is 9.90 Å². The van der Waals surface area contributed by atoms with E-state index in [-0.39, 0.29) is 24.3 Å². The first-order chi connectivity index (χ1) is 12.6. The summed E-state index contributed by atoms with van der Waals surface area (Å²) in [6.07, 6.45) is 5.28. The van der Waals surface area contributed by atoms with Crippen LogP contribution in [0.2, 0.25) is 0 Å². The molecule has 0 saturated carbocycles. The first-order valence-electron chi connectivity index (χ1n) is 8.49. The van der Waals surface area contributed by atoms with Crippen molar-refractivity contribution in [3.05, 3.63) is 63.6 Å². The average Bonchev–Trinajstić information content (AvgIpc) is 3.29. The van der Waals surface area contributed by atoms with Crippen molar-refractivity contribution < 1.29 is 19.4 Å². The lowest BCUT2D eigenvalue weighted by Crippen LogP contribution is -2.30. The number of benzene rings is 2. The van der Waals surface area contributed by atoms with Crippen LogP contribution in [-0.4, -0.2) is 12.8 Å². The number of carboxylic acids is 1. The van der Waals surface area contributed by atoms with Gasteiger partial charge in [-0.3, -0.25) is 0 Å². The monoisotopic (exact) mass is 412 g/mol. The van der Waals surface area contributed by atoms with Gasteiger partial charge < -0.3 is 24.7 Å². The highest BCUT2D eigenvalue weighted by atomic mass is 79.9. The smallest absolute Gasteiger partial charge is 0.231 e. The summed E-state index contributed by atoms with van der Waals surface area (Å²) in [5, 5.41) is 14.8. The third kappa shape index (κ3) is 2.32. The van der Waals surface area contributed by atoms with E-state index in [2.05, 4.69) is 33.4 Å². The molecule has 1 aliphatic carbocycles. The molecule has 5 nitrogen and oxygen atoms in total. The van der Waals surface area contributed by atoms with Gasteiger partial charge in [0, 0.05) is 16.1 Å². The van der Waals surface area contributed by atoms with Crippen LogP contribution in [0, 0.1) is 5.92 Å². The lowest BCUT2D eigenvalue weighted by Gasteiger charge is -2.38. The molecule has 3 atom stereocenters. The Kier molecular flexibility index (Phi) is 3.50. The number of hydrogen-bond acceptors (Lipinski definition) is 5. The number of ether oxygens (including phenoxy) is 2. The molecule has 3 aliphatic rings. The number of hydrogen-bond donors (Lipinski definition) is 1. The van der Waals surface area contributed by atoms with Crippen LogP contribution in [-0.2, 0) is 0 Å². The number of carboxylic acid groups (broad SMARTS) is 1. The minimum absolute atomic E-state index is 0.0835. The molecule has 5 rings (SSSR count). The maximum atomic E-state index is 11.2. The summed E-state index contributed by atoms with van der Waals surface area (Å²) < 4.78 is 12.0. The molecule has 0 bridgehead atoms. The van der Waals surface area contributed by atoms with E-state index in [1.165, 1.54) is 0 Å². The number of fused-ring (bicyclic) bond motifs is 4. The largest absolute Gasteiger partial charge is 0.545 e. The molecule has 0 saturated heterocycles. The van der Waals surface area contributed by atoms with E-state index >= 15 is 0 Å². The second kappa shape index (κ2) is 5.77. The maximum absolute atomic E-state index is 11.2. The van der Waals surface area contributed by atoms with E-state index < -0.39 is 5.97 Å². The average molecular weight is 413 g/mol. The van der Waals surface area contributed by atoms with Crippen molar-refractivity contribution in [2.24, 2.45) is 5.92 Å². The van der Waals surface area contributed by atoms with Crippen molar-refractivity contribution >= 4 is 27.6 Å². The molecule has 2 aliphatic heterocycles. The number of aromatic carboxylic acids is 1. The van der Waals surface area contributed by atoms with Gasteiger partial charge in [-0.15, -0.1) is 0 Å². The van der Waals surface area contributed by atoms with Crippen LogP contribution in [0.3, 0.4) is 0 Å². The molecule has 26 heavy (non-hydrogen) atoms. The van der Waals surface area contributed by atoms with Crippen molar-refractivity contribution in [1.82, 2.24) is 0 Å². The molecular formula is C20H15BrNO4-. The zero-order valence-corrected chi connectivity index (χ0v) is 15.3. The summed E-state index contributed by atoms with van der Waals surface area (Å²) in [6.45, 7) is 0.242. The van der Waals surface area contributed by atoms with Crippen LogP contribution >= 0.6 is 15.9 Å². The number of rotatable bonds is 2. The Bertz CT molecular complexity index is 955. The molecule has 6 heteroatoms. The van der Waals surface area contributed by atoms with E-state index in [4.69, 9.17) is 9.47 Å². The molecule has 0 fully saturated rings. The summed E-state index contributed by atoms with van der Waals surface area (Å²) in [5.74, 6) is 0.832. The topological polar surface area (TPSA) is 70.6 Å². The van der Waals surface area contributed by atoms with Crippen molar-refractivity contribution in [3.8, 4) is 11.5 Å². The van der Waals surface area contributed by atoms with Gasteiger partial charge in [-0.25, -0.2) is 0 Å². The highest BCUT2D eigenvalue weighted by molar-refractivity contribution is 9.10. The first-order valence-corrected chi connectivity index (χ1v) is 9.28. The summed E-state index contributed by atoms with van der Waals surface area (Å²) in [4.78, 5) is 11.2. The number of allylic oxidation sites excluding steroid dienone is 2. The van der Waals surface area contributed by atoms with Crippen molar-refractivity contribution in [2.75, 3.05) is 12.1 Å². The minimum Gasteiger partial charge on any atom is -0.545 e. The highest BCUT2D eigenvalue weighted by Gasteiger charge is 2.39. The standard InChI is InChI=1S/C20H16BrNO4/c21-15-8-18-17(25-9-26-18)7-14(15)19-12-3-1-2-11(12)13-6-10(20(23)24)4-5-16(13)22-19/h1-2,4-8,11-12,19,22H,3,9H2,(H,23,24)/p-1/t11-,12+,19+/m0/s1. The molecule has 0 radical (unpaired) electrons. The van der Waals surface area contributed by atoms with E-state index in [0.717, 1.165) is 39.2 Å². The van der Waals surface area contributed by atoms with Gasteiger partial charge in [0.2, 0.25) is 6.79 Å². The highest BCUT2D eigenvalue weighted by Crippen LogP contribution is 2.52. The fourth-order valence-corrected chi connectivity index (χ4v) is 4.77. The molecule has 0 aromatic heterocycles. The molecule has 0 spiro atoms. The van der Waals surface area contributed by atoms with Gasteiger partial charge in [0.25, 0.3) is 0 Å². The second-order valence-electron chi connectivity index (χ2n) is 6.79. The summed E-state index contributed by atoms with van der Waals surface area (Å²) >= 11 is 3.67. The Morgan fingerprint density at radius 1 is 1.15 bits per heavy atom.